The normalized spacial score (nSPS) is 12.4. The number of rotatable bonds is 5. The summed E-state index contributed by atoms with van der Waals surface area (Å²) in [6, 6.07) is 3.23. The second kappa shape index (κ2) is 7.11. The van der Waals surface area contributed by atoms with E-state index in [-0.39, 0.29) is 17.9 Å². The van der Waals surface area contributed by atoms with Gasteiger partial charge in [-0.2, -0.15) is 0 Å². The molecule has 6 nitrogen and oxygen atoms in total. The van der Waals surface area contributed by atoms with Gasteiger partial charge in [0, 0.05) is 0 Å². The van der Waals surface area contributed by atoms with Crippen LogP contribution in [0.25, 0.3) is 0 Å². The second-order valence-corrected chi connectivity index (χ2v) is 5.76. The third-order valence-corrected chi connectivity index (χ3v) is 2.43. The molecule has 0 heterocycles. The van der Waals surface area contributed by atoms with Crippen molar-refractivity contribution in [2.45, 2.75) is 39.4 Å². The summed E-state index contributed by atoms with van der Waals surface area (Å²) in [4.78, 5) is 22.5. The predicted octanol–water partition coefficient (Wildman–Crippen LogP) is 2.82. The van der Waals surface area contributed by atoms with E-state index in [2.05, 4.69) is 5.32 Å². The first kappa shape index (κ1) is 17.7. The van der Waals surface area contributed by atoms with E-state index in [0.29, 0.717) is 0 Å². The van der Waals surface area contributed by atoms with Gasteiger partial charge in [-0.25, -0.2) is 14.0 Å². The molecule has 0 aliphatic carbocycles. The van der Waals surface area contributed by atoms with E-state index < -0.39 is 29.6 Å². The highest BCUT2D eigenvalue weighted by molar-refractivity contribution is 5.90. The Hall–Kier alpha value is -2.31. The summed E-state index contributed by atoms with van der Waals surface area (Å²) < 4.78 is 23.6. The van der Waals surface area contributed by atoms with Crippen molar-refractivity contribution in [1.82, 2.24) is 5.32 Å². The molecule has 122 valence electrons. The fraction of sp³-hybridized carbons (Fsp3) is 0.467. The van der Waals surface area contributed by atoms with Gasteiger partial charge in [0.05, 0.1) is 6.54 Å². The number of hydrogen-bond acceptors (Lipinski definition) is 4. The number of amides is 1. The number of hydrogen-bond donors (Lipinski definition) is 2. The van der Waals surface area contributed by atoms with Gasteiger partial charge < -0.3 is 19.9 Å². The largest absolute Gasteiger partial charge is 0.488 e. The molecule has 0 fully saturated rings. The molecule has 0 aromatic heterocycles. The lowest BCUT2D eigenvalue weighted by Gasteiger charge is -2.21. The first-order chi connectivity index (χ1) is 10.1. The number of ether oxygens (including phenoxy) is 2. The van der Waals surface area contributed by atoms with E-state index >= 15 is 0 Å². The summed E-state index contributed by atoms with van der Waals surface area (Å²) in [7, 11) is 0. The van der Waals surface area contributed by atoms with Crippen molar-refractivity contribution in [2.24, 2.45) is 0 Å². The van der Waals surface area contributed by atoms with Gasteiger partial charge in [-0.1, -0.05) is 0 Å². The maximum absolute atomic E-state index is 13.1. The van der Waals surface area contributed by atoms with E-state index in [9.17, 15) is 14.0 Å². The second-order valence-electron chi connectivity index (χ2n) is 5.76. The zero-order valence-electron chi connectivity index (χ0n) is 13.0. The number of nitrogens with one attached hydrogen (secondary N) is 1. The van der Waals surface area contributed by atoms with Crippen molar-refractivity contribution in [3.8, 4) is 5.75 Å². The molecule has 7 heteroatoms. The van der Waals surface area contributed by atoms with Gasteiger partial charge in [0.1, 0.15) is 28.8 Å². The Bertz CT molecular complexity index is 553. The standard InChI is InChI=1S/C15H20FNO5/c1-9(8-17-14(20)22-15(2,3)4)21-12-6-5-10(16)7-11(12)13(18)19/h5-7,9H,8H2,1-4H3,(H,17,20)(H,18,19)/t9-/m0/s1. The molecule has 22 heavy (non-hydrogen) atoms. The molecular formula is C15H20FNO5. The Morgan fingerprint density at radius 3 is 2.55 bits per heavy atom. The molecule has 0 saturated carbocycles. The first-order valence-corrected chi connectivity index (χ1v) is 6.75. The molecule has 0 unspecified atom stereocenters. The van der Waals surface area contributed by atoms with Crippen LogP contribution in [0.3, 0.4) is 0 Å². The Labute approximate surface area is 128 Å². The smallest absolute Gasteiger partial charge is 0.407 e. The molecule has 1 aromatic carbocycles. The Morgan fingerprint density at radius 2 is 2.00 bits per heavy atom. The molecule has 0 saturated heterocycles. The van der Waals surface area contributed by atoms with Crippen LogP contribution in [0.4, 0.5) is 9.18 Å². The number of carboxylic acid groups (broad SMARTS) is 1. The van der Waals surface area contributed by atoms with Gasteiger partial charge in [-0.3, -0.25) is 0 Å². The highest BCUT2D eigenvalue weighted by Gasteiger charge is 2.18. The summed E-state index contributed by atoms with van der Waals surface area (Å²) in [5.41, 5.74) is -0.883. The van der Waals surface area contributed by atoms with Crippen molar-refractivity contribution >= 4 is 12.1 Å². The highest BCUT2D eigenvalue weighted by atomic mass is 19.1. The minimum Gasteiger partial charge on any atom is -0.488 e. The molecule has 0 aliphatic heterocycles. The van der Waals surface area contributed by atoms with Crippen LogP contribution in [-0.2, 0) is 4.74 Å². The number of carbonyl (C=O) groups excluding carboxylic acids is 1. The van der Waals surface area contributed by atoms with Crippen molar-refractivity contribution in [2.75, 3.05) is 6.54 Å². The first-order valence-electron chi connectivity index (χ1n) is 6.75. The number of benzene rings is 1. The summed E-state index contributed by atoms with van der Waals surface area (Å²) in [6.45, 7) is 6.98. The third-order valence-electron chi connectivity index (χ3n) is 2.43. The van der Waals surface area contributed by atoms with Gasteiger partial charge in [0.15, 0.2) is 0 Å². The third kappa shape index (κ3) is 5.99. The molecule has 1 atom stereocenters. The SMILES string of the molecule is C[C@@H](CNC(=O)OC(C)(C)C)Oc1ccc(F)cc1C(=O)O. The molecule has 2 N–H and O–H groups in total. The van der Waals surface area contributed by atoms with Gasteiger partial charge in [0.2, 0.25) is 0 Å². The number of aromatic carboxylic acids is 1. The van der Waals surface area contributed by atoms with Crippen molar-refractivity contribution in [1.29, 1.82) is 0 Å². The minimum absolute atomic E-state index is 0.0346. The lowest BCUT2D eigenvalue weighted by atomic mass is 10.2. The quantitative estimate of drug-likeness (QED) is 0.873. The number of alkyl carbamates (subject to hydrolysis) is 1. The molecule has 1 rings (SSSR count). The molecule has 1 amide bonds. The van der Waals surface area contributed by atoms with E-state index in [1.807, 2.05) is 0 Å². The zero-order chi connectivity index (χ0) is 16.9. The number of carbonyl (C=O) groups is 2. The summed E-state index contributed by atoms with van der Waals surface area (Å²) >= 11 is 0. The maximum Gasteiger partial charge on any atom is 0.407 e. The Balaban J connectivity index is 2.61. The summed E-state index contributed by atoms with van der Waals surface area (Å²) in [5.74, 6) is -1.92. The Morgan fingerprint density at radius 1 is 1.36 bits per heavy atom. The Kier molecular flexibility index (Phi) is 5.73. The lowest BCUT2D eigenvalue weighted by Crippen LogP contribution is -2.37. The van der Waals surface area contributed by atoms with Crippen LogP contribution in [0, 0.1) is 5.82 Å². The van der Waals surface area contributed by atoms with Crippen molar-refractivity contribution in [3.63, 3.8) is 0 Å². The average Bonchev–Trinajstić information content (AvgIpc) is 2.36. The van der Waals surface area contributed by atoms with Crippen molar-refractivity contribution < 1.29 is 28.6 Å². The fourth-order valence-corrected chi connectivity index (χ4v) is 1.57. The number of carboxylic acids is 1. The van der Waals surface area contributed by atoms with Crippen LogP contribution in [0.2, 0.25) is 0 Å². The average molecular weight is 313 g/mol. The molecule has 1 aromatic rings. The van der Waals surface area contributed by atoms with Gasteiger partial charge >= 0.3 is 12.1 Å². The maximum atomic E-state index is 13.1. The van der Waals surface area contributed by atoms with E-state index in [1.165, 1.54) is 6.07 Å². The van der Waals surface area contributed by atoms with Crippen LogP contribution in [-0.4, -0.2) is 35.4 Å². The zero-order valence-corrected chi connectivity index (χ0v) is 13.0. The lowest BCUT2D eigenvalue weighted by molar-refractivity contribution is 0.0502. The monoisotopic (exact) mass is 313 g/mol. The molecule has 0 spiro atoms. The van der Waals surface area contributed by atoms with Crippen LogP contribution in [0.5, 0.6) is 5.75 Å². The minimum atomic E-state index is -1.29. The van der Waals surface area contributed by atoms with Crippen LogP contribution in [0.15, 0.2) is 18.2 Å². The predicted molar refractivity (Wildman–Crippen MR) is 77.7 cm³/mol. The molecule has 0 bridgehead atoms. The van der Waals surface area contributed by atoms with E-state index in [4.69, 9.17) is 14.6 Å². The van der Waals surface area contributed by atoms with E-state index in [1.54, 1.807) is 27.7 Å². The number of halogens is 1. The molecular weight excluding hydrogens is 293 g/mol. The summed E-state index contributed by atoms with van der Waals surface area (Å²) in [5, 5.41) is 11.5. The molecule has 0 radical (unpaired) electrons. The molecule has 0 aliphatic rings. The fourth-order valence-electron chi connectivity index (χ4n) is 1.57. The highest BCUT2D eigenvalue weighted by Crippen LogP contribution is 2.21. The topological polar surface area (TPSA) is 84.9 Å². The van der Waals surface area contributed by atoms with Crippen LogP contribution in [0.1, 0.15) is 38.1 Å². The van der Waals surface area contributed by atoms with Crippen LogP contribution < -0.4 is 10.1 Å². The van der Waals surface area contributed by atoms with Crippen molar-refractivity contribution in [3.05, 3.63) is 29.6 Å². The van der Waals surface area contributed by atoms with Gasteiger partial charge in [-0.05, 0) is 45.9 Å². The summed E-state index contributed by atoms with van der Waals surface area (Å²) in [6.07, 6.45) is -1.11. The van der Waals surface area contributed by atoms with E-state index in [0.717, 1.165) is 12.1 Å². The van der Waals surface area contributed by atoms with Gasteiger partial charge in [-0.15, -0.1) is 0 Å². The van der Waals surface area contributed by atoms with Gasteiger partial charge in [0.25, 0.3) is 0 Å². The van der Waals surface area contributed by atoms with Crippen LogP contribution >= 0.6 is 0 Å².